The SMILES string of the molecule is Cc1c(C(=O)N2CCC(c3nnc4n3CCNC4)CC2)cnn1CC(C)C.Cl. The van der Waals surface area contributed by atoms with Crippen LogP contribution in [0.5, 0.6) is 0 Å². The van der Waals surface area contributed by atoms with Gasteiger partial charge in [0, 0.05) is 44.3 Å². The molecule has 1 saturated heterocycles. The molecule has 0 aliphatic carbocycles. The fourth-order valence-corrected chi connectivity index (χ4v) is 4.11. The molecule has 9 heteroatoms. The van der Waals surface area contributed by atoms with Gasteiger partial charge in [0.05, 0.1) is 18.3 Å². The van der Waals surface area contributed by atoms with Gasteiger partial charge in [-0.15, -0.1) is 22.6 Å². The highest BCUT2D eigenvalue weighted by Gasteiger charge is 2.30. The largest absolute Gasteiger partial charge is 0.338 e. The van der Waals surface area contributed by atoms with E-state index in [4.69, 9.17) is 0 Å². The molecule has 0 bridgehead atoms. The first kappa shape index (κ1) is 20.8. The number of nitrogens with one attached hydrogen (secondary N) is 1. The summed E-state index contributed by atoms with van der Waals surface area (Å²) in [5.41, 5.74) is 1.70. The molecule has 2 aromatic rings. The van der Waals surface area contributed by atoms with E-state index in [1.807, 2.05) is 16.5 Å². The van der Waals surface area contributed by atoms with E-state index in [2.05, 4.69) is 39.0 Å². The first-order valence-electron chi connectivity index (χ1n) is 9.99. The average molecular weight is 408 g/mol. The molecule has 4 rings (SSSR count). The molecule has 0 atom stereocenters. The van der Waals surface area contributed by atoms with Gasteiger partial charge in [-0.2, -0.15) is 5.10 Å². The second kappa shape index (κ2) is 8.61. The summed E-state index contributed by atoms with van der Waals surface area (Å²) in [6.45, 7) is 11.4. The summed E-state index contributed by atoms with van der Waals surface area (Å²) in [6, 6.07) is 0. The first-order valence-corrected chi connectivity index (χ1v) is 9.99. The summed E-state index contributed by atoms with van der Waals surface area (Å²) < 4.78 is 4.21. The molecule has 2 aliphatic rings. The highest BCUT2D eigenvalue weighted by Crippen LogP contribution is 2.28. The Balaban J connectivity index is 0.00000225. The summed E-state index contributed by atoms with van der Waals surface area (Å²) in [5, 5.41) is 16.5. The Hall–Kier alpha value is -1.93. The Morgan fingerprint density at radius 3 is 2.71 bits per heavy atom. The predicted molar refractivity (Wildman–Crippen MR) is 109 cm³/mol. The van der Waals surface area contributed by atoms with Crippen LogP contribution in [0.15, 0.2) is 6.20 Å². The van der Waals surface area contributed by atoms with Gasteiger partial charge in [0.1, 0.15) is 11.6 Å². The van der Waals surface area contributed by atoms with Crippen molar-refractivity contribution in [2.75, 3.05) is 19.6 Å². The summed E-state index contributed by atoms with van der Waals surface area (Å²) in [5.74, 6) is 3.13. The van der Waals surface area contributed by atoms with Gasteiger partial charge in [0.25, 0.3) is 5.91 Å². The number of carbonyl (C=O) groups is 1. The Labute approximate surface area is 172 Å². The van der Waals surface area contributed by atoms with E-state index in [0.717, 1.165) is 75.0 Å². The average Bonchev–Trinajstić information content (AvgIpc) is 3.25. The number of halogens is 1. The van der Waals surface area contributed by atoms with Gasteiger partial charge in [-0.05, 0) is 25.7 Å². The standard InChI is InChI=1S/C19H29N7O.ClH/c1-13(2)12-26-14(3)16(10-21-26)19(27)24-7-4-15(5-8-24)18-23-22-17-11-20-6-9-25(17)18;/h10,13,15,20H,4-9,11-12H2,1-3H3;1H. The monoisotopic (exact) mass is 407 g/mol. The third-order valence-corrected chi connectivity index (χ3v) is 5.67. The van der Waals surface area contributed by atoms with Crippen LogP contribution in [0.3, 0.4) is 0 Å². The lowest BCUT2D eigenvalue weighted by Gasteiger charge is -2.32. The summed E-state index contributed by atoms with van der Waals surface area (Å²) in [7, 11) is 0. The molecule has 0 saturated carbocycles. The maximum atomic E-state index is 13.0. The lowest BCUT2D eigenvalue weighted by atomic mass is 9.95. The molecule has 2 aliphatic heterocycles. The Morgan fingerprint density at radius 2 is 2.00 bits per heavy atom. The van der Waals surface area contributed by atoms with Gasteiger partial charge in [0.2, 0.25) is 0 Å². The zero-order valence-corrected chi connectivity index (χ0v) is 17.7. The molecule has 1 amide bonds. The van der Waals surface area contributed by atoms with E-state index in [0.29, 0.717) is 11.8 Å². The van der Waals surface area contributed by atoms with Crippen molar-refractivity contribution in [2.45, 2.75) is 59.2 Å². The lowest BCUT2D eigenvalue weighted by molar-refractivity contribution is 0.0709. The Bertz CT molecular complexity index is 820. The highest BCUT2D eigenvalue weighted by atomic mass is 35.5. The zero-order valence-electron chi connectivity index (χ0n) is 16.9. The number of amides is 1. The van der Waals surface area contributed by atoms with E-state index < -0.39 is 0 Å². The summed E-state index contributed by atoms with van der Waals surface area (Å²) in [4.78, 5) is 14.9. The molecular formula is C19H30ClN7O. The fraction of sp³-hybridized carbons (Fsp3) is 0.684. The fourth-order valence-electron chi connectivity index (χ4n) is 4.11. The van der Waals surface area contributed by atoms with Crippen LogP contribution in [-0.4, -0.2) is 55.0 Å². The number of carbonyl (C=O) groups excluding carboxylic acids is 1. The Kier molecular flexibility index (Phi) is 6.40. The van der Waals surface area contributed by atoms with Crippen LogP contribution in [0.25, 0.3) is 0 Å². The van der Waals surface area contributed by atoms with Gasteiger partial charge < -0.3 is 14.8 Å². The van der Waals surface area contributed by atoms with E-state index in [1.165, 1.54) is 0 Å². The van der Waals surface area contributed by atoms with Crippen LogP contribution >= 0.6 is 12.4 Å². The number of aromatic nitrogens is 5. The molecule has 0 unspecified atom stereocenters. The minimum absolute atomic E-state index is 0. The number of rotatable bonds is 4. The summed E-state index contributed by atoms with van der Waals surface area (Å²) in [6.07, 6.45) is 3.61. The predicted octanol–water partition coefficient (Wildman–Crippen LogP) is 1.98. The van der Waals surface area contributed by atoms with Crippen molar-refractivity contribution in [3.63, 3.8) is 0 Å². The number of hydrogen-bond donors (Lipinski definition) is 1. The van der Waals surface area contributed by atoms with Crippen molar-refractivity contribution in [1.29, 1.82) is 0 Å². The molecule has 8 nitrogen and oxygen atoms in total. The number of likely N-dealkylation sites (tertiary alicyclic amines) is 1. The van der Waals surface area contributed by atoms with Crippen molar-refractivity contribution >= 4 is 18.3 Å². The van der Waals surface area contributed by atoms with Gasteiger partial charge in [-0.3, -0.25) is 9.48 Å². The van der Waals surface area contributed by atoms with Crippen molar-refractivity contribution in [1.82, 2.24) is 34.8 Å². The number of hydrogen-bond acceptors (Lipinski definition) is 5. The van der Waals surface area contributed by atoms with Crippen molar-refractivity contribution in [3.8, 4) is 0 Å². The van der Waals surface area contributed by atoms with Gasteiger partial charge in [-0.1, -0.05) is 13.8 Å². The van der Waals surface area contributed by atoms with Gasteiger partial charge in [-0.25, -0.2) is 0 Å². The molecule has 0 aromatic carbocycles. The maximum Gasteiger partial charge on any atom is 0.257 e. The third kappa shape index (κ3) is 3.93. The second-order valence-corrected chi connectivity index (χ2v) is 8.09. The van der Waals surface area contributed by atoms with Crippen molar-refractivity contribution in [3.05, 3.63) is 29.1 Å². The van der Waals surface area contributed by atoms with Crippen LogP contribution < -0.4 is 5.32 Å². The lowest BCUT2D eigenvalue weighted by Crippen LogP contribution is -2.39. The number of piperidine rings is 1. The topological polar surface area (TPSA) is 80.9 Å². The minimum Gasteiger partial charge on any atom is -0.338 e. The third-order valence-electron chi connectivity index (χ3n) is 5.67. The van der Waals surface area contributed by atoms with E-state index in [-0.39, 0.29) is 18.3 Å². The molecule has 154 valence electrons. The van der Waals surface area contributed by atoms with Crippen LogP contribution in [-0.2, 0) is 19.6 Å². The van der Waals surface area contributed by atoms with Crippen molar-refractivity contribution < 1.29 is 4.79 Å². The second-order valence-electron chi connectivity index (χ2n) is 8.09. The molecule has 1 N–H and O–H groups in total. The highest BCUT2D eigenvalue weighted by molar-refractivity contribution is 5.95. The van der Waals surface area contributed by atoms with Crippen molar-refractivity contribution in [2.24, 2.45) is 5.92 Å². The summed E-state index contributed by atoms with van der Waals surface area (Å²) >= 11 is 0. The maximum absolute atomic E-state index is 13.0. The quantitative estimate of drug-likeness (QED) is 0.838. The van der Waals surface area contributed by atoms with Gasteiger partial charge >= 0.3 is 0 Å². The smallest absolute Gasteiger partial charge is 0.257 e. The van der Waals surface area contributed by atoms with Gasteiger partial charge in [0.15, 0.2) is 0 Å². The number of fused-ring (bicyclic) bond motifs is 1. The molecule has 28 heavy (non-hydrogen) atoms. The molecule has 2 aromatic heterocycles. The molecular weight excluding hydrogens is 378 g/mol. The van der Waals surface area contributed by atoms with E-state index >= 15 is 0 Å². The molecule has 0 radical (unpaired) electrons. The zero-order chi connectivity index (χ0) is 19.0. The molecule has 1 fully saturated rings. The normalized spacial score (nSPS) is 17.5. The molecule has 0 spiro atoms. The van der Waals surface area contributed by atoms with Crippen LogP contribution in [0.2, 0.25) is 0 Å². The van der Waals surface area contributed by atoms with Crippen LogP contribution in [0, 0.1) is 12.8 Å². The molecule has 4 heterocycles. The minimum atomic E-state index is 0. The van der Waals surface area contributed by atoms with E-state index in [9.17, 15) is 4.79 Å². The Morgan fingerprint density at radius 1 is 1.25 bits per heavy atom. The van der Waals surface area contributed by atoms with Crippen LogP contribution in [0.1, 0.15) is 60.3 Å². The van der Waals surface area contributed by atoms with Crippen LogP contribution in [0.4, 0.5) is 0 Å². The van der Waals surface area contributed by atoms with E-state index in [1.54, 1.807) is 6.20 Å². The first-order chi connectivity index (χ1) is 13.0. The number of nitrogens with zero attached hydrogens (tertiary/aromatic N) is 6.